The summed E-state index contributed by atoms with van der Waals surface area (Å²) >= 11 is 4.98. The lowest BCUT2D eigenvalue weighted by atomic mass is 10.1. The molecule has 0 saturated carbocycles. The third-order valence-corrected chi connectivity index (χ3v) is 11.7. The first kappa shape index (κ1) is 23.4. The van der Waals surface area contributed by atoms with Crippen molar-refractivity contribution in [1.29, 1.82) is 0 Å². The Bertz CT molecular complexity index is 608. The molecule has 4 heteroatoms. The Labute approximate surface area is 194 Å². The van der Waals surface area contributed by atoms with E-state index in [1.807, 2.05) is 0 Å². The highest BCUT2D eigenvalue weighted by Gasteiger charge is 2.51. The fraction of sp³-hybridized carbons (Fsp3) is 0.478. The van der Waals surface area contributed by atoms with Gasteiger partial charge in [-0.1, -0.05) is 127 Å². The van der Waals surface area contributed by atoms with Crippen molar-refractivity contribution in [3.63, 3.8) is 0 Å². The predicted octanol–water partition coefficient (Wildman–Crippen LogP) is 6.36. The molecule has 0 aliphatic heterocycles. The van der Waals surface area contributed by atoms with Crippen LogP contribution < -0.4 is 10.4 Å². The second-order valence-electron chi connectivity index (χ2n) is 8.07. The van der Waals surface area contributed by atoms with E-state index < -0.39 is 8.32 Å². The zero-order valence-electron chi connectivity index (χ0n) is 16.8. The maximum Gasteiger partial charge on any atom is 0.261 e. The Hall–Kier alpha value is 0.0769. The van der Waals surface area contributed by atoms with Crippen molar-refractivity contribution < 1.29 is 4.43 Å². The summed E-state index contributed by atoms with van der Waals surface area (Å²) < 4.78 is 9.71. The first-order chi connectivity index (χ1) is 13.0. The molecule has 0 aromatic heterocycles. The van der Waals surface area contributed by atoms with Gasteiger partial charge < -0.3 is 4.43 Å². The number of halogens is 2. The molecule has 0 amide bonds. The number of hydrogen-bond acceptors (Lipinski definition) is 1. The monoisotopic (exact) mass is 606 g/mol. The second-order valence-corrected chi connectivity index (χ2v) is 14.5. The molecule has 1 nitrogen and oxygen atoms in total. The summed E-state index contributed by atoms with van der Waals surface area (Å²) in [5.41, 5.74) is 0. The first-order valence-corrected chi connectivity index (χ1v) is 14.8. The van der Waals surface area contributed by atoms with Gasteiger partial charge in [-0.15, -0.1) is 0 Å². The molecule has 2 rings (SSSR count). The lowest BCUT2D eigenvalue weighted by molar-refractivity contribution is 0.167. The standard InChI is InChI=1S/C23H32I2OSi/c1-23(2,3)27(21-14-6-4-7-15-21,22-16-8-5-9-17-22)26-20(12-10-18-24)13-11-19-25/h4-9,14-17,20H,10-13,18-19H2,1-3H3. The lowest BCUT2D eigenvalue weighted by Gasteiger charge is -2.45. The van der Waals surface area contributed by atoms with E-state index in [-0.39, 0.29) is 5.04 Å². The lowest BCUT2D eigenvalue weighted by Crippen LogP contribution is -2.67. The van der Waals surface area contributed by atoms with Crippen molar-refractivity contribution >= 4 is 63.9 Å². The van der Waals surface area contributed by atoms with Gasteiger partial charge >= 0.3 is 0 Å². The number of hydrogen-bond donors (Lipinski definition) is 0. The second kappa shape index (κ2) is 11.3. The summed E-state index contributed by atoms with van der Waals surface area (Å²) in [5.74, 6) is 0. The molecule has 0 radical (unpaired) electrons. The molecule has 0 atom stereocenters. The van der Waals surface area contributed by atoms with Crippen LogP contribution in [0.4, 0.5) is 0 Å². The maximum absolute atomic E-state index is 7.31. The summed E-state index contributed by atoms with van der Waals surface area (Å²) in [4.78, 5) is 0. The topological polar surface area (TPSA) is 9.23 Å². The van der Waals surface area contributed by atoms with Gasteiger partial charge in [-0.3, -0.25) is 0 Å². The molecular weight excluding hydrogens is 574 g/mol. The molecule has 0 fully saturated rings. The summed E-state index contributed by atoms with van der Waals surface area (Å²) in [5, 5.41) is 2.83. The molecule has 0 N–H and O–H groups in total. The van der Waals surface area contributed by atoms with E-state index >= 15 is 0 Å². The van der Waals surface area contributed by atoms with Crippen LogP contribution in [0.25, 0.3) is 0 Å². The fourth-order valence-corrected chi connectivity index (χ4v) is 9.44. The number of alkyl halides is 2. The van der Waals surface area contributed by atoms with Crippen LogP contribution in [0.3, 0.4) is 0 Å². The molecule has 2 aromatic carbocycles. The van der Waals surface area contributed by atoms with E-state index in [1.54, 1.807) is 0 Å². The SMILES string of the molecule is CC(C)(C)[Si](OC(CCCI)CCCI)(c1ccccc1)c1ccccc1. The molecule has 0 saturated heterocycles. The van der Waals surface area contributed by atoms with Crippen molar-refractivity contribution in [2.45, 2.75) is 57.6 Å². The van der Waals surface area contributed by atoms with Crippen LogP contribution in [0, 0.1) is 0 Å². The molecule has 148 valence electrons. The zero-order chi connectivity index (χ0) is 19.8. The molecule has 2 aromatic rings. The Kier molecular flexibility index (Phi) is 9.78. The van der Waals surface area contributed by atoms with Gasteiger partial charge in [0.05, 0.1) is 0 Å². The molecular formula is C23H32I2OSi. The Balaban J connectivity index is 2.56. The molecule has 0 aliphatic rings. The van der Waals surface area contributed by atoms with E-state index in [1.165, 1.54) is 32.1 Å². The maximum atomic E-state index is 7.31. The predicted molar refractivity (Wildman–Crippen MR) is 139 cm³/mol. The Morgan fingerprint density at radius 1 is 0.778 bits per heavy atom. The van der Waals surface area contributed by atoms with Crippen molar-refractivity contribution in [2.24, 2.45) is 0 Å². The van der Waals surface area contributed by atoms with Gasteiger partial charge in [0.1, 0.15) is 0 Å². The van der Waals surface area contributed by atoms with E-state index in [9.17, 15) is 0 Å². The minimum Gasteiger partial charge on any atom is -0.404 e. The van der Waals surface area contributed by atoms with Crippen molar-refractivity contribution in [3.8, 4) is 0 Å². The number of benzene rings is 2. The largest absolute Gasteiger partial charge is 0.404 e. The van der Waals surface area contributed by atoms with Gasteiger partial charge in [-0.05, 0) is 50.0 Å². The van der Waals surface area contributed by atoms with Gasteiger partial charge in [0.25, 0.3) is 8.32 Å². The number of rotatable bonds is 10. The first-order valence-electron chi connectivity index (χ1n) is 9.86. The van der Waals surface area contributed by atoms with Gasteiger partial charge in [0, 0.05) is 6.10 Å². The molecule has 0 spiro atoms. The fourth-order valence-electron chi connectivity index (χ4n) is 3.81. The summed E-state index contributed by atoms with van der Waals surface area (Å²) in [7, 11) is -2.42. The van der Waals surface area contributed by atoms with E-state index in [4.69, 9.17) is 4.43 Å². The van der Waals surface area contributed by atoms with Gasteiger partial charge in [0.15, 0.2) is 0 Å². The molecule has 0 heterocycles. The van der Waals surface area contributed by atoms with Crippen LogP contribution >= 0.6 is 45.2 Å². The highest BCUT2D eigenvalue weighted by molar-refractivity contribution is 14.1. The van der Waals surface area contributed by atoms with Crippen LogP contribution in [-0.4, -0.2) is 23.3 Å². The zero-order valence-corrected chi connectivity index (χ0v) is 22.1. The summed E-state index contributed by atoms with van der Waals surface area (Å²) in [6, 6.07) is 22.0. The van der Waals surface area contributed by atoms with E-state index in [2.05, 4.69) is 127 Å². The van der Waals surface area contributed by atoms with Crippen LogP contribution in [0.1, 0.15) is 46.5 Å². The van der Waals surface area contributed by atoms with Crippen molar-refractivity contribution in [3.05, 3.63) is 60.7 Å². The minimum absolute atomic E-state index is 0.0581. The normalized spacial score (nSPS) is 12.5. The van der Waals surface area contributed by atoms with Crippen molar-refractivity contribution in [2.75, 3.05) is 8.86 Å². The van der Waals surface area contributed by atoms with Crippen LogP contribution in [0.2, 0.25) is 5.04 Å². The van der Waals surface area contributed by atoms with Crippen molar-refractivity contribution in [1.82, 2.24) is 0 Å². The summed E-state index contributed by atoms with van der Waals surface area (Å²) in [6.45, 7) is 7.10. The van der Waals surface area contributed by atoms with Crippen LogP contribution in [0.5, 0.6) is 0 Å². The van der Waals surface area contributed by atoms with Gasteiger partial charge in [-0.2, -0.15) is 0 Å². The molecule has 0 bridgehead atoms. The highest BCUT2D eigenvalue weighted by atomic mass is 127. The van der Waals surface area contributed by atoms with E-state index in [0.29, 0.717) is 6.10 Å². The average Bonchev–Trinajstić information content (AvgIpc) is 2.68. The quantitative estimate of drug-likeness (QED) is 0.174. The van der Waals surface area contributed by atoms with Crippen LogP contribution in [0.15, 0.2) is 60.7 Å². The Morgan fingerprint density at radius 2 is 1.19 bits per heavy atom. The molecule has 0 aliphatic carbocycles. The smallest absolute Gasteiger partial charge is 0.261 e. The average molecular weight is 606 g/mol. The Morgan fingerprint density at radius 3 is 1.52 bits per heavy atom. The van der Waals surface area contributed by atoms with Crippen LogP contribution in [-0.2, 0) is 4.43 Å². The molecule has 0 unspecified atom stereocenters. The highest BCUT2D eigenvalue weighted by Crippen LogP contribution is 2.38. The van der Waals surface area contributed by atoms with Gasteiger partial charge in [-0.25, -0.2) is 0 Å². The summed E-state index contributed by atoms with van der Waals surface area (Å²) in [6.07, 6.45) is 5.10. The molecule has 27 heavy (non-hydrogen) atoms. The third-order valence-electron chi connectivity index (χ3n) is 5.08. The minimum atomic E-state index is -2.42. The third kappa shape index (κ3) is 6.03. The van der Waals surface area contributed by atoms with E-state index in [0.717, 1.165) is 12.8 Å². The van der Waals surface area contributed by atoms with Gasteiger partial charge in [0.2, 0.25) is 0 Å².